The lowest BCUT2D eigenvalue weighted by Gasteiger charge is -2.34. The molecule has 3 rings (SSSR count). The molecule has 8 nitrogen and oxygen atoms in total. The molecule has 0 saturated carbocycles. The Morgan fingerprint density at radius 1 is 1.23 bits per heavy atom. The van der Waals surface area contributed by atoms with Gasteiger partial charge in [-0.15, -0.1) is 11.3 Å². The second-order valence-electron chi connectivity index (χ2n) is 10.6. The largest absolute Gasteiger partial charge is 0.458 e. The number of cyclic esters (lactones) is 1. The molecule has 0 bridgehead atoms. The molecule has 2 aliphatic rings. The second kappa shape index (κ2) is 11.6. The smallest absolute Gasteiger partial charge is 0.309 e. The van der Waals surface area contributed by atoms with Crippen molar-refractivity contribution in [3.63, 3.8) is 0 Å². The molecule has 0 radical (unpaired) electrons. The zero-order valence-corrected chi connectivity index (χ0v) is 22.1. The summed E-state index contributed by atoms with van der Waals surface area (Å²) in [5.41, 5.74) is 0.253. The Morgan fingerprint density at radius 2 is 1.94 bits per heavy atom. The van der Waals surface area contributed by atoms with Crippen LogP contribution in [0.4, 0.5) is 0 Å². The first-order valence-corrected chi connectivity index (χ1v) is 13.3. The van der Waals surface area contributed by atoms with E-state index in [1.807, 2.05) is 25.3 Å². The van der Waals surface area contributed by atoms with Gasteiger partial charge in [0.15, 0.2) is 0 Å². The van der Waals surface area contributed by atoms with Gasteiger partial charge in [0, 0.05) is 17.7 Å². The van der Waals surface area contributed by atoms with Crippen LogP contribution in [0.2, 0.25) is 0 Å². The topological polar surface area (TPSA) is 129 Å². The summed E-state index contributed by atoms with van der Waals surface area (Å²) in [7, 11) is 0. The normalized spacial score (nSPS) is 35.3. The summed E-state index contributed by atoms with van der Waals surface area (Å²) in [6, 6.07) is 0. The number of carbonyl (C=O) groups is 2. The number of aliphatic hydroxyl groups excluding tert-OH is 3. The predicted molar refractivity (Wildman–Crippen MR) is 132 cm³/mol. The Hall–Kier alpha value is -1.65. The van der Waals surface area contributed by atoms with Gasteiger partial charge < -0.3 is 24.8 Å². The molecule has 7 atom stereocenters. The van der Waals surface area contributed by atoms with Crippen LogP contribution in [0.3, 0.4) is 0 Å². The Morgan fingerprint density at radius 3 is 2.60 bits per heavy atom. The van der Waals surface area contributed by atoms with Gasteiger partial charge in [-0.25, -0.2) is 4.98 Å². The first kappa shape index (κ1) is 27.9. The minimum atomic E-state index is -1.25. The molecular weight excluding hydrogens is 470 g/mol. The summed E-state index contributed by atoms with van der Waals surface area (Å²) in [5.74, 6) is -1.61. The molecule has 0 unspecified atom stereocenters. The van der Waals surface area contributed by atoms with Crippen LogP contribution in [-0.4, -0.2) is 62.6 Å². The average Bonchev–Trinajstić information content (AvgIpc) is 3.38. The summed E-state index contributed by atoms with van der Waals surface area (Å²) in [5, 5.41) is 33.3. The van der Waals surface area contributed by atoms with E-state index in [1.165, 1.54) is 11.3 Å². The molecule has 0 spiro atoms. The number of carbonyl (C=O) groups excluding carboxylic acids is 2. The van der Waals surface area contributed by atoms with Crippen LogP contribution in [0.15, 0.2) is 11.0 Å². The molecular formula is C26H39NO7S. The number of epoxide rings is 1. The van der Waals surface area contributed by atoms with Crippen LogP contribution in [-0.2, 0) is 25.7 Å². The lowest BCUT2D eigenvalue weighted by Crippen LogP contribution is -2.45. The van der Waals surface area contributed by atoms with Crippen molar-refractivity contribution in [2.24, 2.45) is 17.3 Å². The maximum absolute atomic E-state index is 13.2. The number of hydrogen-bond donors (Lipinski definition) is 3. The first-order valence-electron chi connectivity index (χ1n) is 12.4. The van der Waals surface area contributed by atoms with Crippen molar-refractivity contribution in [1.29, 1.82) is 0 Å². The number of nitrogens with zero attached hydrogens (tertiary/aromatic N) is 1. The van der Waals surface area contributed by atoms with E-state index in [9.17, 15) is 24.9 Å². The highest BCUT2D eigenvalue weighted by Gasteiger charge is 2.44. The number of ketones is 1. The lowest BCUT2D eigenvalue weighted by molar-refractivity contribution is -0.154. The number of fused-ring (bicyclic) bond motifs is 1. The van der Waals surface area contributed by atoms with Crippen LogP contribution in [0.25, 0.3) is 6.08 Å². The third-order valence-electron chi connectivity index (χ3n) is 7.48. The average molecular weight is 510 g/mol. The van der Waals surface area contributed by atoms with Crippen molar-refractivity contribution in [2.45, 2.75) is 104 Å². The van der Waals surface area contributed by atoms with E-state index in [4.69, 9.17) is 9.47 Å². The molecule has 3 heterocycles. The highest BCUT2D eigenvalue weighted by Crippen LogP contribution is 2.36. The Balaban J connectivity index is 1.81. The minimum Gasteiger partial charge on any atom is -0.458 e. The molecule has 196 valence electrons. The quantitative estimate of drug-likeness (QED) is 0.418. The number of esters is 1. The molecule has 0 amide bonds. The third-order valence-corrected chi connectivity index (χ3v) is 8.33. The summed E-state index contributed by atoms with van der Waals surface area (Å²) in [6.45, 7) is 8.57. The van der Waals surface area contributed by atoms with Crippen molar-refractivity contribution in [1.82, 2.24) is 4.98 Å². The number of Topliss-reactive ketones (excluding diaryl/α,β-unsaturated/α-hetero) is 1. The Labute approximate surface area is 211 Å². The molecule has 1 aromatic rings. The summed E-state index contributed by atoms with van der Waals surface area (Å²) in [6.07, 6.45) is 1.86. The van der Waals surface area contributed by atoms with E-state index in [-0.39, 0.29) is 36.9 Å². The van der Waals surface area contributed by atoms with Gasteiger partial charge in [0.2, 0.25) is 0 Å². The monoisotopic (exact) mass is 509 g/mol. The maximum atomic E-state index is 13.2. The maximum Gasteiger partial charge on any atom is 0.309 e. The fourth-order valence-electron chi connectivity index (χ4n) is 4.80. The van der Waals surface area contributed by atoms with Gasteiger partial charge in [-0.2, -0.15) is 0 Å². The standard InChI is InChI=1S/C26H39NO7S/c1-14-7-6-8-18-20(33-18)10-19(15(2)9-17-13-35-22(12-28)27-17)34-23(30)11-21(29)26(4,5)25(32)16(3)24(14)31/h9,13-14,16,18-21,24,28-29,31H,6-8,10-12H2,1-5H3/b15-9-/t14-,16+,18+,19-,20-,21-,24+/m0/s1. The molecule has 0 aromatic carbocycles. The van der Waals surface area contributed by atoms with Crippen LogP contribution >= 0.6 is 11.3 Å². The van der Waals surface area contributed by atoms with E-state index >= 15 is 0 Å². The Kier molecular flexibility index (Phi) is 9.26. The second-order valence-corrected chi connectivity index (χ2v) is 11.6. The number of ether oxygens (including phenoxy) is 2. The Bertz CT molecular complexity index is 927. The number of hydrogen-bond acceptors (Lipinski definition) is 9. The van der Waals surface area contributed by atoms with E-state index < -0.39 is 35.6 Å². The van der Waals surface area contributed by atoms with Crippen LogP contribution in [0.1, 0.15) is 77.4 Å². The van der Waals surface area contributed by atoms with Gasteiger partial charge in [0.1, 0.15) is 16.9 Å². The van der Waals surface area contributed by atoms with Crippen molar-refractivity contribution < 1.29 is 34.4 Å². The number of aliphatic hydroxyl groups is 3. The fourth-order valence-corrected chi connectivity index (χ4v) is 5.41. The van der Waals surface area contributed by atoms with Crippen LogP contribution in [0.5, 0.6) is 0 Å². The van der Waals surface area contributed by atoms with Gasteiger partial charge in [-0.1, -0.05) is 34.1 Å². The number of aromatic nitrogens is 1. The van der Waals surface area contributed by atoms with Gasteiger partial charge >= 0.3 is 5.97 Å². The van der Waals surface area contributed by atoms with Gasteiger partial charge in [-0.05, 0) is 37.3 Å². The van der Waals surface area contributed by atoms with Crippen molar-refractivity contribution in [3.8, 4) is 0 Å². The number of rotatable bonds is 3. The molecule has 35 heavy (non-hydrogen) atoms. The molecule has 0 aliphatic carbocycles. The summed E-state index contributed by atoms with van der Waals surface area (Å²) < 4.78 is 11.7. The molecule has 3 N–H and O–H groups in total. The summed E-state index contributed by atoms with van der Waals surface area (Å²) >= 11 is 1.35. The van der Waals surface area contributed by atoms with E-state index in [0.717, 1.165) is 24.8 Å². The summed E-state index contributed by atoms with van der Waals surface area (Å²) in [4.78, 5) is 30.4. The van der Waals surface area contributed by atoms with Gasteiger partial charge in [-0.3, -0.25) is 9.59 Å². The molecule has 2 saturated heterocycles. The van der Waals surface area contributed by atoms with Crippen LogP contribution < -0.4 is 0 Å². The highest BCUT2D eigenvalue weighted by molar-refractivity contribution is 7.09. The molecule has 1 aromatic heterocycles. The SMILES string of the molecule is C/C(=C/c1csc(CO)n1)[C@@H]1C[C@@H]2O[C@@H]2CCC[C@H](C)[C@@H](O)[C@@H](C)C(=O)C(C)(C)[C@@H](O)CC(=O)O1. The third kappa shape index (κ3) is 6.98. The van der Waals surface area contributed by atoms with Gasteiger partial charge in [0.25, 0.3) is 0 Å². The van der Waals surface area contributed by atoms with Crippen LogP contribution in [0, 0.1) is 17.3 Å². The minimum absolute atomic E-state index is 0.0328. The number of thiazole rings is 1. The van der Waals surface area contributed by atoms with E-state index in [1.54, 1.807) is 20.8 Å². The highest BCUT2D eigenvalue weighted by atomic mass is 32.1. The molecule has 2 fully saturated rings. The molecule has 9 heteroatoms. The zero-order valence-electron chi connectivity index (χ0n) is 21.3. The van der Waals surface area contributed by atoms with Gasteiger partial charge in [0.05, 0.1) is 48.6 Å². The van der Waals surface area contributed by atoms with Crippen molar-refractivity contribution in [2.75, 3.05) is 0 Å². The van der Waals surface area contributed by atoms with Crippen molar-refractivity contribution >= 4 is 29.2 Å². The fraction of sp³-hybridized carbons (Fsp3) is 0.731. The molecule has 2 aliphatic heterocycles. The zero-order chi connectivity index (χ0) is 25.9. The van der Waals surface area contributed by atoms with Crippen molar-refractivity contribution in [3.05, 3.63) is 21.7 Å². The van der Waals surface area contributed by atoms with E-state index in [0.29, 0.717) is 17.1 Å². The first-order chi connectivity index (χ1) is 16.4. The van der Waals surface area contributed by atoms with E-state index in [2.05, 4.69) is 4.98 Å². The predicted octanol–water partition coefficient (Wildman–Crippen LogP) is 3.27. The lowest BCUT2D eigenvalue weighted by atomic mass is 9.73.